The second-order valence-electron chi connectivity index (χ2n) is 4.56. The van der Waals surface area contributed by atoms with Gasteiger partial charge in [0.1, 0.15) is 11.3 Å². The molecule has 0 aliphatic carbocycles. The number of hydrogen-bond donors (Lipinski definition) is 1. The zero-order valence-electron chi connectivity index (χ0n) is 12.4. The zero-order valence-corrected chi connectivity index (χ0v) is 12.4. The van der Waals surface area contributed by atoms with E-state index >= 15 is 0 Å². The molecule has 1 N–H and O–H groups in total. The van der Waals surface area contributed by atoms with E-state index in [2.05, 4.69) is 14.5 Å². The Bertz CT molecular complexity index is 728. The minimum atomic E-state index is -0.648. The molecule has 0 unspecified atom stereocenters. The molecule has 0 bridgehead atoms. The fourth-order valence-electron chi connectivity index (χ4n) is 2.07. The average molecular weight is 301 g/mol. The number of benzene rings is 1. The predicted molar refractivity (Wildman–Crippen MR) is 80.5 cm³/mol. The monoisotopic (exact) mass is 301 g/mol. The highest BCUT2D eigenvalue weighted by atomic mass is 16.5. The molecule has 0 spiro atoms. The van der Waals surface area contributed by atoms with Crippen molar-refractivity contribution in [3.05, 3.63) is 52.4 Å². The summed E-state index contributed by atoms with van der Waals surface area (Å²) >= 11 is 0. The number of nitrogens with zero attached hydrogens (tertiary/aromatic N) is 1. The van der Waals surface area contributed by atoms with Crippen LogP contribution in [-0.2, 0) is 14.3 Å². The molecule has 0 saturated heterocycles. The van der Waals surface area contributed by atoms with Crippen LogP contribution in [0.25, 0.3) is 6.08 Å². The van der Waals surface area contributed by atoms with Gasteiger partial charge in [0, 0.05) is 0 Å². The maximum Gasteiger partial charge on any atom is 0.343 e. The van der Waals surface area contributed by atoms with E-state index in [4.69, 9.17) is 0 Å². The van der Waals surface area contributed by atoms with E-state index in [-0.39, 0.29) is 17.0 Å². The van der Waals surface area contributed by atoms with E-state index in [0.717, 1.165) is 0 Å². The molecule has 0 fully saturated rings. The molecular formula is C16H15NO5. The van der Waals surface area contributed by atoms with Gasteiger partial charge >= 0.3 is 11.9 Å². The summed E-state index contributed by atoms with van der Waals surface area (Å²) in [6, 6.07) is 6.65. The van der Waals surface area contributed by atoms with E-state index < -0.39 is 11.9 Å². The first-order valence-electron chi connectivity index (χ1n) is 6.45. The summed E-state index contributed by atoms with van der Waals surface area (Å²) in [6.07, 6.45) is 1.57. The number of hydrogen-bond acceptors (Lipinski definition) is 6. The Morgan fingerprint density at radius 1 is 1.18 bits per heavy atom. The highest BCUT2D eigenvalue weighted by molar-refractivity contribution is 6.22. The Kier molecular flexibility index (Phi) is 4.41. The van der Waals surface area contributed by atoms with E-state index in [1.807, 2.05) is 0 Å². The molecule has 0 saturated carbocycles. The van der Waals surface area contributed by atoms with Crippen molar-refractivity contribution in [2.75, 3.05) is 14.2 Å². The number of aliphatic imine (C=N–C) groups is 1. The number of aliphatic hydroxyl groups is 1. The first-order chi connectivity index (χ1) is 10.5. The zero-order chi connectivity index (χ0) is 16.3. The number of rotatable bonds is 3. The molecule has 1 aliphatic heterocycles. The summed E-state index contributed by atoms with van der Waals surface area (Å²) in [5.74, 6) is -1.35. The normalized spacial score (nSPS) is 15.8. The molecule has 0 aromatic heterocycles. The lowest BCUT2D eigenvalue weighted by atomic mass is 10.1. The second-order valence-corrected chi connectivity index (χ2v) is 4.56. The molecule has 2 rings (SSSR count). The van der Waals surface area contributed by atoms with Gasteiger partial charge in [-0.2, -0.15) is 0 Å². The largest absolute Gasteiger partial charge is 0.505 e. The summed E-state index contributed by atoms with van der Waals surface area (Å²) in [6.45, 7) is 1.61. The molecule has 0 amide bonds. The van der Waals surface area contributed by atoms with Crippen molar-refractivity contribution in [3.8, 4) is 0 Å². The molecule has 1 heterocycles. The van der Waals surface area contributed by atoms with Gasteiger partial charge in [-0.25, -0.2) is 14.6 Å². The van der Waals surface area contributed by atoms with Crippen LogP contribution in [0.4, 0.5) is 0 Å². The molecule has 6 heteroatoms. The van der Waals surface area contributed by atoms with Gasteiger partial charge < -0.3 is 14.6 Å². The van der Waals surface area contributed by atoms with Gasteiger partial charge in [-0.15, -0.1) is 0 Å². The Morgan fingerprint density at radius 2 is 1.86 bits per heavy atom. The summed E-state index contributed by atoms with van der Waals surface area (Å²) in [7, 11) is 2.53. The van der Waals surface area contributed by atoms with Gasteiger partial charge in [-0.1, -0.05) is 12.1 Å². The Morgan fingerprint density at radius 3 is 2.50 bits per heavy atom. The van der Waals surface area contributed by atoms with Crippen molar-refractivity contribution < 1.29 is 24.2 Å². The van der Waals surface area contributed by atoms with E-state index in [1.165, 1.54) is 14.2 Å². The van der Waals surface area contributed by atoms with Crippen molar-refractivity contribution in [2.45, 2.75) is 6.92 Å². The fourth-order valence-corrected chi connectivity index (χ4v) is 2.07. The molecule has 1 aromatic rings. The van der Waals surface area contributed by atoms with Crippen molar-refractivity contribution in [1.29, 1.82) is 0 Å². The van der Waals surface area contributed by atoms with Crippen molar-refractivity contribution in [1.82, 2.24) is 0 Å². The lowest BCUT2D eigenvalue weighted by molar-refractivity contribution is -0.135. The molecular weight excluding hydrogens is 286 g/mol. The summed E-state index contributed by atoms with van der Waals surface area (Å²) in [5.41, 5.74) is 1.68. The SMILES string of the molecule is COC(=O)C1=C(O)/C(=C\c2cccc(C(=O)OC)c2)N=C1C. The molecule has 0 radical (unpaired) electrons. The Balaban J connectivity index is 2.41. The van der Waals surface area contributed by atoms with Crippen LogP contribution in [0, 0.1) is 0 Å². The minimum Gasteiger partial charge on any atom is -0.505 e. The number of esters is 2. The highest BCUT2D eigenvalue weighted by Crippen LogP contribution is 2.26. The van der Waals surface area contributed by atoms with Gasteiger partial charge in [-0.3, -0.25) is 0 Å². The molecule has 22 heavy (non-hydrogen) atoms. The van der Waals surface area contributed by atoms with Gasteiger partial charge in [0.05, 0.1) is 25.5 Å². The number of carbonyl (C=O) groups is 2. The number of aliphatic hydroxyl groups excluding tert-OH is 1. The van der Waals surface area contributed by atoms with Crippen LogP contribution >= 0.6 is 0 Å². The maximum absolute atomic E-state index is 11.6. The second kappa shape index (κ2) is 6.26. The quantitative estimate of drug-likeness (QED) is 0.866. The lowest BCUT2D eigenvalue weighted by Gasteiger charge is -2.02. The van der Waals surface area contributed by atoms with Gasteiger partial charge in [-0.05, 0) is 30.7 Å². The predicted octanol–water partition coefficient (Wildman–Crippen LogP) is 2.27. The van der Waals surface area contributed by atoms with E-state index in [0.29, 0.717) is 16.8 Å². The van der Waals surface area contributed by atoms with Crippen LogP contribution in [0.15, 0.2) is 46.3 Å². The van der Waals surface area contributed by atoms with Crippen LogP contribution in [0.5, 0.6) is 0 Å². The smallest absolute Gasteiger partial charge is 0.343 e. The third-order valence-electron chi connectivity index (χ3n) is 3.13. The van der Waals surface area contributed by atoms with Crippen LogP contribution in [0.1, 0.15) is 22.8 Å². The van der Waals surface area contributed by atoms with Gasteiger partial charge in [0.2, 0.25) is 0 Å². The van der Waals surface area contributed by atoms with Crippen molar-refractivity contribution in [2.24, 2.45) is 4.99 Å². The summed E-state index contributed by atoms with van der Waals surface area (Å²) in [5, 5.41) is 10.1. The van der Waals surface area contributed by atoms with Gasteiger partial charge in [0.15, 0.2) is 5.76 Å². The number of methoxy groups -OCH3 is 2. The van der Waals surface area contributed by atoms with Crippen LogP contribution < -0.4 is 0 Å². The summed E-state index contributed by atoms with van der Waals surface area (Å²) < 4.78 is 9.27. The van der Waals surface area contributed by atoms with E-state index in [9.17, 15) is 14.7 Å². The maximum atomic E-state index is 11.6. The Hall–Kier alpha value is -2.89. The highest BCUT2D eigenvalue weighted by Gasteiger charge is 2.27. The third kappa shape index (κ3) is 2.90. The molecule has 0 atom stereocenters. The topological polar surface area (TPSA) is 85.2 Å². The number of carbonyl (C=O) groups excluding carboxylic acids is 2. The Labute approximate surface area is 127 Å². The average Bonchev–Trinajstić information content (AvgIpc) is 2.80. The first kappa shape index (κ1) is 15.5. The van der Waals surface area contributed by atoms with Crippen molar-refractivity contribution >= 4 is 23.7 Å². The molecule has 6 nitrogen and oxygen atoms in total. The summed E-state index contributed by atoms with van der Waals surface area (Å²) in [4.78, 5) is 27.3. The van der Waals surface area contributed by atoms with Crippen LogP contribution in [-0.4, -0.2) is 37.0 Å². The minimum absolute atomic E-state index is 0.0397. The van der Waals surface area contributed by atoms with Crippen LogP contribution in [0.3, 0.4) is 0 Å². The third-order valence-corrected chi connectivity index (χ3v) is 3.13. The first-order valence-corrected chi connectivity index (χ1v) is 6.45. The van der Waals surface area contributed by atoms with E-state index in [1.54, 1.807) is 37.3 Å². The standard InChI is InChI=1S/C16H15NO5/c1-9-13(16(20)22-3)14(18)12(17-9)8-10-5-4-6-11(7-10)15(19)21-2/h4-8,18H,1-3H3/b12-8+. The van der Waals surface area contributed by atoms with Crippen LogP contribution in [0.2, 0.25) is 0 Å². The fraction of sp³-hybridized carbons (Fsp3) is 0.188. The molecule has 114 valence electrons. The van der Waals surface area contributed by atoms with Crippen molar-refractivity contribution in [3.63, 3.8) is 0 Å². The molecule has 1 aliphatic rings. The lowest BCUT2D eigenvalue weighted by Crippen LogP contribution is -2.11. The number of ether oxygens (including phenoxy) is 2. The van der Waals surface area contributed by atoms with Gasteiger partial charge in [0.25, 0.3) is 0 Å². The molecule has 1 aromatic carbocycles.